The third-order valence-corrected chi connectivity index (χ3v) is 6.37. The number of hydrogen-bond acceptors (Lipinski definition) is 7. The van der Waals surface area contributed by atoms with Crippen molar-refractivity contribution in [3.63, 3.8) is 0 Å². The quantitative estimate of drug-likeness (QED) is 0.292. The Morgan fingerprint density at radius 3 is 2.34 bits per heavy atom. The Kier molecular flexibility index (Phi) is 11.4. The lowest BCUT2D eigenvalue weighted by Gasteiger charge is -2.23. The van der Waals surface area contributed by atoms with Crippen LogP contribution in [0, 0.1) is 0 Å². The standard InChI is InChI=1S/C27H33NO6S/c1-6-35-18-21-9-7-8-10-22(21)26(30)28(25(29)14-11-19(2)27(31)34-5)16-15-20-12-13-23(32-3)24(17-20)33-4/h7-10,12-13,17H,2,6,11,14-16,18H2,1,3-5H3. The van der Waals surface area contributed by atoms with E-state index in [2.05, 4.69) is 18.2 Å². The predicted octanol–water partition coefficient (Wildman–Crippen LogP) is 4.68. The van der Waals surface area contributed by atoms with E-state index in [0.29, 0.717) is 29.2 Å². The fourth-order valence-corrected chi connectivity index (χ4v) is 4.14. The Morgan fingerprint density at radius 1 is 0.971 bits per heavy atom. The molecule has 0 bridgehead atoms. The number of carbonyl (C=O) groups is 3. The van der Waals surface area contributed by atoms with Crippen molar-refractivity contribution >= 4 is 29.5 Å². The highest BCUT2D eigenvalue weighted by Crippen LogP contribution is 2.28. The Bertz CT molecular complexity index is 1050. The van der Waals surface area contributed by atoms with Gasteiger partial charge in [0.2, 0.25) is 5.91 Å². The van der Waals surface area contributed by atoms with Gasteiger partial charge in [0.1, 0.15) is 0 Å². The molecule has 2 amide bonds. The summed E-state index contributed by atoms with van der Waals surface area (Å²) >= 11 is 1.71. The minimum absolute atomic E-state index is 0.0303. The number of hydrogen-bond donors (Lipinski definition) is 0. The number of carbonyl (C=O) groups excluding carboxylic acids is 3. The van der Waals surface area contributed by atoms with E-state index in [-0.39, 0.29) is 36.8 Å². The van der Waals surface area contributed by atoms with Crippen molar-refractivity contribution in [2.24, 2.45) is 0 Å². The summed E-state index contributed by atoms with van der Waals surface area (Å²) in [6, 6.07) is 12.8. The van der Waals surface area contributed by atoms with Crippen LogP contribution in [-0.4, -0.2) is 56.3 Å². The van der Waals surface area contributed by atoms with Gasteiger partial charge in [-0.3, -0.25) is 14.5 Å². The first-order valence-corrected chi connectivity index (χ1v) is 12.5. The van der Waals surface area contributed by atoms with Crippen molar-refractivity contribution in [2.45, 2.75) is 31.9 Å². The summed E-state index contributed by atoms with van der Waals surface area (Å²) in [6.45, 7) is 5.91. The lowest BCUT2D eigenvalue weighted by atomic mass is 10.1. The highest BCUT2D eigenvalue weighted by molar-refractivity contribution is 7.98. The molecule has 0 radical (unpaired) electrons. The fourth-order valence-electron chi connectivity index (χ4n) is 3.47. The van der Waals surface area contributed by atoms with Crippen molar-refractivity contribution < 1.29 is 28.6 Å². The predicted molar refractivity (Wildman–Crippen MR) is 138 cm³/mol. The smallest absolute Gasteiger partial charge is 0.333 e. The van der Waals surface area contributed by atoms with Crippen LogP contribution in [0.3, 0.4) is 0 Å². The third-order valence-electron chi connectivity index (χ3n) is 5.44. The van der Waals surface area contributed by atoms with Gasteiger partial charge in [-0.05, 0) is 47.9 Å². The zero-order chi connectivity index (χ0) is 25.8. The molecular formula is C27H33NO6S. The molecule has 0 spiro atoms. The summed E-state index contributed by atoms with van der Waals surface area (Å²) in [5.74, 6) is 1.47. The average molecular weight is 500 g/mol. The minimum atomic E-state index is -0.567. The van der Waals surface area contributed by atoms with Gasteiger partial charge in [-0.25, -0.2) is 4.79 Å². The van der Waals surface area contributed by atoms with Crippen LogP contribution in [0.15, 0.2) is 54.6 Å². The maximum atomic E-state index is 13.6. The number of esters is 1. The topological polar surface area (TPSA) is 82.1 Å². The Balaban J connectivity index is 2.28. The van der Waals surface area contributed by atoms with Gasteiger partial charge in [-0.15, -0.1) is 0 Å². The first-order chi connectivity index (χ1) is 16.9. The van der Waals surface area contributed by atoms with E-state index in [1.807, 2.05) is 24.3 Å². The van der Waals surface area contributed by atoms with E-state index in [4.69, 9.17) is 9.47 Å². The van der Waals surface area contributed by atoms with E-state index >= 15 is 0 Å². The van der Waals surface area contributed by atoms with Gasteiger partial charge in [0.25, 0.3) is 5.91 Å². The van der Waals surface area contributed by atoms with Crippen LogP contribution >= 0.6 is 11.8 Å². The van der Waals surface area contributed by atoms with E-state index in [1.165, 1.54) is 12.0 Å². The molecule has 2 aromatic carbocycles. The van der Waals surface area contributed by atoms with Crippen molar-refractivity contribution in [3.05, 3.63) is 71.3 Å². The zero-order valence-electron chi connectivity index (χ0n) is 20.8. The number of methoxy groups -OCH3 is 3. The molecule has 35 heavy (non-hydrogen) atoms. The highest BCUT2D eigenvalue weighted by atomic mass is 32.2. The van der Waals surface area contributed by atoms with Crippen LogP contribution in [-0.2, 0) is 26.5 Å². The number of imide groups is 1. The van der Waals surface area contributed by atoms with Crippen molar-refractivity contribution in [1.82, 2.24) is 4.90 Å². The molecule has 8 heteroatoms. The minimum Gasteiger partial charge on any atom is -0.493 e. The lowest BCUT2D eigenvalue weighted by Crippen LogP contribution is -2.39. The molecule has 0 unspecified atom stereocenters. The lowest BCUT2D eigenvalue weighted by molar-refractivity contribution is -0.136. The normalized spacial score (nSPS) is 10.4. The van der Waals surface area contributed by atoms with Crippen molar-refractivity contribution in [2.75, 3.05) is 33.6 Å². The number of rotatable bonds is 13. The molecule has 0 heterocycles. The summed E-state index contributed by atoms with van der Waals surface area (Å²) < 4.78 is 15.3. The molecule has 0 atom stereocenters. The van der Waals surface area contributed by atoms with Gasteiger partial charge in [0, 0.05) is 29.9 Å². The second-order valence-corrected chi connectivity index (χ2v) is 8.95. The van der Waals surface area contributed by atoms with Gasteiger partial charge in [-0.2, -0.15) is 11.8 Å². The maximum Gasteiger partial charge on any atom is 0.333 e. The Morgan fingerprint density at radius 2 is 1.69 bits per heavy atom. The first kappa shape index (κ1) is 28.0. The molecule has 0 aromatic heterocycles. The molecule has 2 rings (SSSR count). The summed E-state index contributed by atoms with van der Waals surface area (Å²) in [4.78, 5) is 39.7. The Labute approximate surface area is 211 Å². The number of ether oxygens (including phenoxy) is 3. The molecule has 0 saturated carbocycles. The summed E-state index contributed by atoms with van der Waals surface area (Å²) in [5.41, 5.74) is 2.46. The molecular weight excluding hydrogens is 466 g/mol. The largest absolute Gasteiger partial charge is 0.493 e. The van der Waals surface area contributed by atoms with E-state index in [1.54, 1.807) is 44.2 Å². The number of amides is 2. The molecule has 7 nitrogen and oxygen atoms in total. The molecule has 0 aliphatic rings. The molecule has 0 fully saturated rings. The average Bonchev–Trinajstić information content (AvgIpc) is 2.89. The van der Waals surface area contributed by atoms with Crippen LogP contribution in [0.1, 0.15) is 41.3 Å². The Hall–Kier alpha value is -3.26. The summed E-state index contributed by atoms with van der Waals surface area (Å²) in [5, 5.41) is 0. The zero-order valence-corrected chi connectivity index (χ0v) is 21.6. The first-order valence-electron chi connectivity index (χ1n) is 11.3. The van der Waals surface area contributed by atoms with Crippen LogP contribution in [0.4, 0.5) is 0 Å². The van der Waals surface area contributed by atoms with Gasteiger partial charge >= 0.3 is 5.97 Å². The van der Waals surface area contributed by atoms with Crippen LogP contribution in [0.5, 0.6) is 11.5 Å². The van der Waals surface area contributed by atoms with Crippen LogP contribution < -0.4 is 9.47 Å². The summed E-state index contributed by atoms with van der Waals surface area (Å²) in [6.07, 6.45) is 0.512. The van der Waals surface area contributed by atoms with Crippen LogP contribution in [0.25, 0.3) is 0 Å². The number of benzene rings is 2. The monoisotopic (exact) mass is 499 g/mol. The highest BCUT2D eigenvalue weighted by Gasteiger charge is 2.25. The molecule has 188 valence electrons. The second-order valence-electron chi connectivity index (χ2n) is 7.68. The van der Waals surface area contributed by atoms with Crippen molar-refractivity contribution in [1.29, 1.82) is 0 Å². The third kappa shape index (κ3) is 7.89. The van der Waals surface area contributed by atoms with E-state index in [9.17, 15) is 14.4 Å². The number of nitrogens with zero attached hydrogens (tertiary/aromatic N) is 1. The molecule has 0 aliphatic carbocycles. The van der Waals surface area contributed by atoms with E-state index < -0.39 is 5.97 Å². The fraction of sp³-hybridized carbons (Fsp3) is 0.370. The van der Waals surface area contributed by atoms with Gasteiger partial charge in [-0.1, -0.05) is 37.8 Å². The number of thioether (sulfide) groups is 1. The maximum absolute atomic E-state index is 13.6. The molecule has 0 N–H and O–H groups in total. The van der Waals surface area contributed by atoms with Crippen LogP contribution in [0.2, 0.25) is 0 Å². The van der Waals surface area contributed by atoms with Crippen molar-refractivity contribution in [3.8, 4) is 11.5 Å². The van der Waals surface area contributed by atoms with Gasteiger partial charge in [0.05, 0.1) is 21.3 Å². The van der Waals surface area contributed by atoms with Gasteiger partial charge in [0.15, 0.2) is 11.5 Å². The molecule has 0 saturated heterocycles. The van der Waals surface area contributed by atoms with E-state index in [0.717, 1.165) is 16.9 Å². The summed E-state index contributed by atoms with van der Waals surface area (Å²) in [7, 11) is 4.38. The molecule has 2 aromatic rings. The van der Waals surface area contributed by atoms with Gasteiger partial charge < -0.3 is 14.2 Å². The second kappa shape index (κ2) is 14.2. The molecule has 0 aliphatic heterocycles. The SMILES string of the molecule is C=C(CCC(=O)N(CCc1ccc(OC)c(OC)c1)C(=O)c1ccccc1CSCC)C(=O)OC.